The van der Waals surface area contributed by atoms with E-state index in [-0.39, 0.29) is 24.0 Å². The zero-order chi connectivity index (χ0) is 14.5. The molecule has 0 radical (unpaired) electrons. The summed E-state index contributed by atoms with van der Waals surface area (Å²) in [5, 5.41) is 7.60. The molecule has 3 N–H and O–H groups in total. The van der Waals surface area contributed by atoms with Gasteiger partial charge in [-0.1, -0.05) is 25.7 Å². The summed E-state index contributed by atoms with van der Waals surface area (Å²) >= 11 is 0. The number of nitrogens with two attached hydrogens (primary N) is 1. The molecule has 0 bridgehead atoms. The van der Waals surface area contributed by atoms with Crippen LogP contribution in [0, 0.1) is 0 Å². The fraction of sp³-hybridized carbons (Fsp3) is 0.533. The van der Waals surface area contributed by atoms with Gasteiger partial charge >= 0.3 is 0 Å². The summed E-state index contributed by atoms with van der Waals surface area (Å²) in [6.07, 6.45) is 11.1. The van der Waals surface area contributed by atoms with Crippen molar-refractivity contribution in [3.05, 3.63) is 30.2 Å². The molecule has 0 aliphatic heterocycles. The van der Waals surface area contributed by atoms with Crippen LogP contribution < -0.4 is 11.1 Å². The van der Waals surface area contributed by atoms with Crippen LogP contribution >= 0.6 is 24.0 Å². The standard InChI is InChI=1S/C15H22N6.HI/c16-15(20-12-5-3-1-2-4-6-12)18-11-13-7-9-17-14-8-10-19-21(13)14;/h7-10,12H,1-6,11H2,(H3,16,18,20);1H. The maximum Gasteiger partial charge on any atom is 0.189 e. The van der Waals surface area contributed by atoms with Gasteiger partial charge < -0.3 is 11.1 Å². The van der Waals surface area contributed by atoms with Gasteiger partial charge in [-0.2, -0.15) is 5.10 Å². The lowest BCUT2D eigenvalue weighted by Gasteiger charge is -2.16. The summed E-state index contributed by atoms with van der Waals surface area (Å²) in [7, 11) is 0. The normalized spacial score (nSPS) is 17.0. The highest BCUT2D eigenvalue weighted by Gasteiger charge is 2.12. The number of hydrogen-bond donors (Lipinski definition) is 2. The number of fused-ring (bicyclic) bond motifs is 1. The van der Waals surface area contributed by atoms with E-state index in [2.05, 4.69) is 20.4 Å². The molecule has 2 aromatic heterocycles. The molecule has 7 heteroatoms. The van der Waals surface area contributed by atoms with Crippen molar-refractivity contribution in [2.45, 2.75) is 51.1 Å². The Hall–Kier alpha value is -1.38. The van der Waals surface area contributed by atoms with Crippen molar-refractivity contribution < 1.29 is 0 Å². The van der Waals surface area contributed by atoms with Crippen molar-refractivity contribution in [3.63, 3.8) is 0 Å². The minimum absolute atomic E-state index is 0. The highest BCUT2D eigenvalue weighted by molar-refractivity contribution is 14.0. The summed E-state index contributed by atoms with van der Waals surface area (Å²) in [5.41, 5.74) is 7.83. The van der Waals surface area contributed by atoms with Gasteiger partial charge in [-0.05, 0) is 18.9 Å². The Bertz CT molecular complexity index is 615. The summed E-state index contributed by atoms with van der Waals surface area (Å²) in [6, 6.07) is 4.27. The topological polar surface area (TPSA) is 80.6 Å². The van der Waals surface area contributed by atoms with Crippen LogP contribution in [0.1, 0.15) is 44.2 Å². The summed E-state index contributed by atoms with van der Waals surface area (Å²) < 4.78 is 1.79. The number of nitrogens with one attached hydrogen (secondary N) is 1. The first kappa shape index (κ1) is 17.0. The lowest BCUT2D eigenvalue weighted by molar-refractivity contribution is 0.530. The molecule has 0 spiro atoms. The van der Waals surface area contributed by atoms with Gasteiger partial charge in [-0.25, -0.2) is 14.5 Å². The Morgan fingerprint density at radius 3 is 2.77 bits per heavy atom. The Balaban J connectivity index is 0.00000176. The molecular weight excluding hydrogens is 391 g/mol. The van der Waals surface area contributed by atoms with Crippen LogP contribution in [-0.4, -0.2) is 26.6 Å². The second-order valence-corrected chi connectivity index (χ2v) is 5.57. The number of aliphatic imine (C=N–C) groups is 1. The fourth-order valence-electron chi connectivity index (χ4n) is 2.85. The van der Waals surface area contributed by atoms with E-state index in [4.69, 9.17) is 5.73 Å². The Morgan fingerprint density at radius 2 is 2.00 bits per heavy atom. The molecule has 0 saturated heterocycles. The lowest BCUT2D eigenvalue weighted by Crippen LogP contribution is -2.39. The molecule has 0 aromatic carbocycles. The molecule has 2 aromatic rings. The highest BCUT2D eigenvalue weighted by atomic mass is 127. The van der Waals surface area contributed by atoms with E-state index >= 15 is 0 Å². The third-order valence-corrected chi connectivity index (χ3v) is 3.99. The van der Waals surface area contributed by atoms with Crippen molar-refractivity contribution in [2.24, 2.45) is 10.7 Å². The van der Waals surface area contributed by atoms with Crippen LogP contribution in [0.2, 0.25) is 0 Å². The van der Waals surface area contributed by atoms with Crippen molar-refractivity contribution in [2.75, 3.05) is 0 Å². The fourth-order valence-corrected chi connectivity index (χ4v) is 2.85. The van der Waals surface area contributed by atoms with Crippen LogP contribution in [0.25, 0.3) is 5.65 Å². The van der Waals surface area contributed by atoms with E-state index in [1.165, 1.54) is 38.5 Å². The van der Waals surface area contributed by atoms with Crippen molar-refractivity contribution in [1.29, 1.82) is 0 Å². The number of nitrogens with zero attached hydrogens (tertiary/aromatic N) is 4. The van der Waals surface area contributed by atoms with Gasteiger partial charge in [0.05, 0.1) is 18.4 Å². The van der Waals surface area contributed by atoms with Gasteiger partial charge in [0.25, 0.3) is 0 Å². The van der Waals surface area contributed by atoms with E-state index in [9.17, 15) is 0 Å². The minimum Gasteiger partial charge on any atom is -0.370 e. The summed E-state index contributed by atoms with van der Waals surface area (Å²) in [6.45, 7) is 0.506. The van der Waals surface area contributed by atoms with E-state index < -0.39 is 0 Å². The number of guanidine groups is 1. The molecule has 1 aliphatic carbocycles. The number of halogens is 1. The second-order valence-electron chi connectivity index (χ2n) is 5.57. The third kappa shape index (κ3) is 4.31. The number of aromatic nitrogens is 3. The van der Waals surface area contributed by atoms with Crippen LogP contribution in [0.15, 0.2) is 29.5 Å². The van der Waals surface area contributed by atoms with E-state index in [0.717, 1.165) is 11.3 Å². The molecule has 22 heavy (non-hydrogen) atoms. The molecule has 120 valence electrons. The zero-order valence-electron chi connectivity index (χ0n) is 12.6. The van der Waals surface area contributed by atoms with Crippen molar-refractivity contribution in [3.8, 4) is 0 Å². The molecular formula is C15H23IN6. The molecule has 0 amide bonds. The van der Waals surface area contributed by atoms with Gasteiger partial charge in [0, 0.05) is 18.3 Å². The smallest absolute Gasteiger partial charge is 0.189 e. The van der Waals surface area contributed by atoms with Crippen molar-refractivity contribution in [1.82, 2.24) is 19.9 Å². The maximum absolute atomic E-state index is 6.02. The molecule has 2 heterocycles. The Labute approximate surface area is 147 Å². The van der Waals surface area contributed by atoms with Gasteiger partial charge in [-0.15, -0.1) is 24.0 Å². The van der Waals surface area contributed by atoms with E-state index in [1.807, 2.05) is 12.1 Å². The predicted molar refractivity (Wildman–Crippen MR) is 98.4 cm³/mol. The molecule has 1 aliphatic rings. The molecule has 6 nitrogen and oxygen atoms in total. The summed E-state index contributed by atoms with van der Waals surface area (Å²) in [5.74, 6) is 0.527. The molecule has 0 unspecified atom stereocenters. The molecule has 0 atom stereocenters. The van der Waals surface area contributed by atoms with E-state index in [0.29, 0.717) is 18.5 Å². The van der Waals surface area contributed by atoms with E-state index in [1.54, 1.807) is 16.9 Å². The average Bonchev–Trinajstić information content (AvgIpc) is 2.83. The van der Waals surface area contributed by atoms with Gasteiger partial charge in [0.2, 0.25) is 0 Å². The van der Waals surface area contributed by atoms with Crippen LogP contribution in [0.5, 0.6) is 0 Å². The van der Waals surface area contributed by atoms with Crippen molar-refractivity contribution >= 4 is 35.6 Å². The Morgan fingerprint density at radius 1 is 1.23 bits per heavy atom. The Kier molecular flexibility index (Phi) is 6.41. The lowest BCUT2D eigenvalue weighted by atomic mass is 10.1. The van der Waals surface area contributed by atoms with Gasteiger partial charge in [0.15, 0.2) is 11.6 Å². The average molecular weight is 414 g/mol. The van der Waals surface area contributed by atoms with Crippen LogP contribution in [-0.2, 0) is 6.54 Å². The second kappa shape index (κ2) is 8.30. The molecule has 1 fully saturated rings. The number of rotatable bonds is 3. The maximum atomic E-state index is 6.02. The highest BCUT2D eigenvalue weighted by Crippen LogP contribution is 2.17. The SMILES string of the molecule is I.NC(=NCc1ccnc2ccnn12)NC1CCCCCC1. The number of hydrogen-bond acceptors (Lipinski definition) is 3. The van der Waals surface area contributed by atoms with Crippen LogP contribution in [0.4, 0.5) is 0 Å². The monoisotopic (exact) mass is 414 g/mol. The van der Waals surface area contributed by atoms with Crippen LogP contribution in [0.3, 0.4) is 0 Å². The predicted octanol–water partition coefficient (Wildman–Crippen LogP) is 2.47. The largest absolute Gasteiger partial charge is 0.370 e. The first-order valence-electron chi connectivity index (χ1n) is 7.67. The molecule has 1 saturated carbocycles. The quantitative estimate of drug-likeness (QED) is 0.350. The summed E-state index contributed by atoms with van der Waals surface area (Å²) in [4.78, 5) is 8.68. The van der Waals surface area contributed by atoms with Gasteiger partial charge in [0.1, 0.15) is 0 Å². The molecule has 3 rings (SSSR count). The van der Waals surface area contributed by atoms with Gasteiger partial charge in [-0.3, -0.25) is 0 Å². The zero-order valence-corrected chi connectivity index (χ0v) is 14.9. The third-order valence-electron chi connectivity index (χ3n) is 3.99. The minimum atomic E-state index is 0. The first-order valence-corrected chi connectivity index (χ1v) is 7.67. The first-order chi connectivity index (χ1) is 10.3.